The van der Waals surface area contributed by atoms with Gasteiger partial charge in [0.25, 0.3) is 0 Å². The monoisotopic (exact) mass is 166 g/mol. The van der Waals surface area contributed by atoms with Crippen LogP contribution in [0.3, 0.4) is 0 Å². The topological polar surface area (TPSA) is 15.6 Å². The van der Waals surface area contributed by atoms with Crippen molar-refractivity contribution in [2.24, 2.45) is 4.99 Å². The first-order valence-electron chi connectivity index (χ1n) is 4.69. The van der Waals surface area contributed by atoms with Crippen LogP contribution in [0, 0.1) is 0 Å². The average molecular weight is 166 g/mol. The molecular weight excluding hydrogens is 148 g/mol. The molecule has 2 nitrogen and oxygen atoms in total. The van der Waals surface area contributed by atoms with Crippen LogP contribution in [0.4, 0.5) is 0 Å². The van der Waals surface area contributed by atoms with Gasteiger partial charge in [0.15, 0.2) is 0 Å². The van der Waals surface area contributed by atoms with Crippen molar-refractivity contribution in [2.75, 3.05) is 19.6 Å². The van der Waals surface area contributed by atoms with Crippen molar-refractivity contribution < 1.29 is 0 Å². The molecule has 1 aliphatic heterocycles. The lowest BCUT2D eigenvalue weighted by atomic mass is 10.4. The average Bonchev–Trinajstić information content (AvgIpc) is 2.53. The summed E-state index contributed by atoms with van der Waals surface area (Å²) in [5.74, 6) is 0. The number of nitrogens with zero attached hydrogens (tertiary/aromatic N) is 2. The molecule has 1 heterocycles. The Hall–Kier alpha value is -0.630. The van der Waals surface area contributed by atoms with Gasteiger partial charge in [-0.3, -0.25) is 9.89 Å². The minimum absolute atomic E-state index is 1.05. The molecule has 0 bridgehead atoms. The summed E-state index contributed by atoms with van der Waals surface area (Å²) in [6, 6.07) is 0. The van der Waals surface area contributed by atoms with E-state index in [1.54, 1.807) is 0 Å². The molecule has 0 amide bonds. The van der Waals surface area contributed by atoms with Crippen LogP contribution in [0.15, 0.2) is 17.3 Å². The van der Waals surface area contributed by atoms with E-state index in [-0.39, 0.29) is 0 Å². The highest BCUT2D eigenvalue weighted by molar-refractivity contribution is 5.84. The van der Waals surface area contributed by atoms with Crippen molar-refractivity contribution in [1.29, 1.82) is 0 Å². The van der Waals surface area contributed by atoms with Crippen molar-refractivity contribution >= 4 is 5.71 Å². The smallest absolute Gasteiger partial charge is 0.0365 e. The summed E-state index contributed by atoms with van der Waals surface area (Å²) in [5.41, 5.74) is 1.22. The number of rotatable bonds is 3. The summed E-state index contributed by atoms with van der Waals surface area (Å²) in [6.45, 7) is 7.64. The summed E-state index contributed by atoms with van der Waals surface area (Å²) < 4.78 is 0. The molecule has 0 saturated carbocycles. The van der Waals surface area contributed by atoms with Crippen LogP contribution in [0.1, 0.15) is 26.7 Å². The lowest BCUT2D eigenvalue weighted by Gasteiger charge is -2.13. The van der Waals surface area contributed by atoms with Crippen LogP contribution in [-0.2, 0) is 0 Å². The van der Waals surface area contributed by atoms with Gasteiger partial charge in [-0.2, -0.15) is 0 Å². The highest BCUT2D eigenvalue weighted by Crippen LogP contribution is 2.06. The van der Waals surface area contributed by atoms with Crippen molar-refractivity contribution in [3.8, 4) is 0 Å². The zero-order valence-electron chi connectivity index (χ0n) is 8.08. The van der Waals surface area contributed by atoms with Gasteiger partial charge in [-0.1, -0.05) is 6.08 Å². The zero-order chi connectivity index (χ0) is 8.81. The predicted molar refractivity (Wildman–Crippen MR) is 53.6 cm³/mol. The Labute approximate surface area is 75.0 Å². The Morgan fingerprint density at radius 1 is 1.42 bits per heavy atom. The van der Waals surface area contributed by atoms with Crippen LogP contribution >= 0.6 is 0 Å². The molecule has 0 N–H and O–H groups in total. The van der Waals surface area contributed by atoms with E-state index in [0.29, 0.717) is 0 Å². The summed E-state index contributed by atoms with van der Waals surface area (Å²) in [5, 5.41) is 0. The number of hydrogen-bond donors (Lipinski definition) is 0. The Bertz CT molecular complexity index is 176. The van der Waals surface area contributed by atoms with Gasteiger partial charge in [0, 0.05) is 18.5 Å². The van der Waals surface area contributed by atoms with E-state index in [2.05, 4.69) is 16.8 Å². The molecule has 0 aromatic carbocycles. The van der Waals surface area contributed by atoms with Crippen molar-refractivity contribution in [3.05, 3.63) is 12.3 Å². The van der Waals surface area contributed by atoms with E-state index in [1.165, 1.54) is 31.6 Å². The number of allylic oxidation sites excluding steroid dienone is 1. The second kappa shape index (κ2) is 5.09. The van der Waals surface area contributed by atoms with Crippen molar-refractivity contribution in [1.82, 2.24) is 4.90 Å². The minimum Gasteiger partial charge on any atom is -0.298 e. The molecule has 0 aromatic rings. The Morgan fingerprint density at radius 2 is 2.08 bits per heavy atom. The molecule has 0 aromatic heterocycles. The first-order chi connectivity index (χ1) is 5.83. The maximum Gasteiger partial charge on any atom is 0.0365 e. The Kier molecular flexibility index (Phi) is 4.01. The molecular formula is C10H18N2. The van der Waals surface area contributed by atoms with E-state index in [1.807, 2.05) is 19.2 Å². The molecule has 0 spiro atoms. The third-order valence-corrected chi connectivity index (χ3v) is 2.10. The molecule has 1 saturated heterocycles. The third-order valence-electron chi connectivity index (χ3n) is 2.10. The highest BCUT2D eigenvalue weighted by atomic mass is 15.1. The molecule has 12 heavy (non-hydrogen) atoms. The SMILES string of the molecule is C/C=C\N=C(/C)CN1CCCC1. The maximum atomic E-state index is 4.30. The van der Waals surface area contributed by atoms with Crippen LogP contribution < -0.4 is 0 Å². The molecule has 1 fully saturated rings. The van der Waals surface area contributed by atoms with E-state index in [9.17, 15) is 0 Å². The lowest BCUT2D eigenvalue weighted by molar-refractivity contribution is 0.387. The van der Waals surface area contributed by atoms with Gasteiger partial charge in [0.2, 0.25) is 0 Å². The summed E-state index contributed by atoms with van der Waals surface area (Å²) in [6.07, 6.45) is 6.55. The van der Waals surface area contributed by atoms with Gasteiger partial charge >= 0.3 is 0 Å². The standard InChI is InChI=1S/C10H18N2/c1-3-6-11-10(2)9-12-7-4-5-8-12/h3,6H,4-5,7-9H2,1-2H3/b6-3-,11-10+. The summed E-state index contributed by atoms with van der Waals surface area (Å²) >= 11 is 0. The normalized spacial score (nSPS) is 21.0. The van der Waals surface area contributed by atoms with Gasteiger partial charge in [-0.15, -0.1) is 0 Å². The minimum atomic E-state index is 1.05. The third kappa shape index (κ3) is 3.18. The molecule has 1 aliphatic rings. The Morgan fingerprint density at radius 3 is 2.67 bits per heavy atom. The first-order valence-corrected chi connectivity index (χ1v) is 4.69. The molecule has 2 heteroatoms. The number of hydrogen-bond acceptors (Lipinski definition) is 2. The van der Waals surface area contributed by atoms with E-state index in [0.717, 1.165) is 6.54 Å². The van der Waals surface area contributed by atoms with Crippen molar-refractivity contribution in [2.45, 2.75) is 26.7 Å². The fourth-order valence-corrected chi connectivity index (χ4v) is 1.51. The molecule has 1 rings (SSSR count). The van der Waals surface area contributed by atoms with Gasteiger partial charge < -0.3 is 0 Å². The number of aliphatic imine (C=N–C) groups is 1. The summed E-state index contributed by atoms with van der Waals surface area (Å²) in [7, 11) is 0. The summed E-state index contributed by atoms with van der Waals surface area (Å²) in [4.78, 5) is 6.76. The van der Waals surface area contributed by atoms with Gasteiger partial charge in [0.1, 0.15) is 0 Å². The largest absolute Gasteiger partial charge is 0.298 e. The fraction of sp³-hybridized carbons (Fsp3) is 0.700. The van der Waals surface area contributed by atoms with Gasteiger partial charge in [-0.25, -0.2) is 0 Å². The molecule has 0 unspecified atom stereocenters. The van der Waals surface area contributed by atoms with Crippen LogP contribution in [0.25, 0.3) is 0 Å². The molecule has 0 atom stereocenters. The van der Waals surface area contributed by atoms with Crippen LogP contribution in [0.5, 0.6) is 0 Å². The quantitative estimate of drug-likeness (QED) is 0.586. The molecule has 68 valence electrons. The first kappa shape index (κ1) is 9.46. The maximum absolute atomic E-state index is 4.30. The Balaban J connectivity index is 2.29. The van der Waals surface area contributed by atoms with Gasteiger partial charge in [-0.05, 0) is 39.8 Å². The number of likely N-dealkylation sites (tertiary alicyclic amines) is 1. The van der Waals surface area contributed by atoms with E-state index in [4.69, 9.17) is 0 Å². The van der Waals surface area contributed by atoms with E-state index < -0.39 is 0 Å². The lowest BCUT2D eigenvalue weighted by Crippen LogP contribution is -2.25. The second-order valence-electron chi connectivity index (χ2n) is 3.33. The molecule has 0 radical (unpaired) electrons. The van der Waals surface area contributed by atoms with Gasteiger partial charge in [0.05, 0.1) is 0 Å². The molecule has 0 aliphatic carbocycles. The van der Waals surface area contributed by atoms with Crippen LogP contribution in [0.2, 0.25) is 0 Å². The van der Waals surface area contributed by atoms with Crippen molar-refractivity contribution in [3.63, 3.8) is 0 Å². The van der Waals surface area contributed by atoms with Crippen LogP contribution in [-0.4, -0.2) is 30.2 Å². The zero-order valence-corrected chi connectivity index (χ0v) is 8.08. The highest BCUT2D eigenvalue weighted by Gasteiger charge is 2.11. The predicted octanol–water partition coefficient (Wildman–Crippen LogP) is 2.08. The van der Waals surface area contributed by atoms with E-state index >= 15 is 0 Å². The fourth-order valence-electron chi connectivity index (χ4n) is 1.51. The second-order valence-corrected chi connectivity index (χ2v) is 3.33.